The molecule has 1 unspecified atom stereocenters. The summed E-state index contributed by atoms with van der Waals surface area (Å²) in [4.78, 5) is 1.14. The number of nitrogens with zero attached hydrogens (tertiary/aromatic N) is 2. The monoisotopic (exact) mass is 362 g/mol. The van der Waals surface area contributed by atoms with Crippen LogP contribution in [-0.4, -0.2) is 9.46 Å². The second kappa shape index (κ2) is 10.6. The minimum Gasteiger partial charge on any atom is -0.252 e. The predicted octanol–water partition coefficient (Wildman–Crippen LogP) is 6.43. The van der Waals surface area contributed by atoms with Crippen molar-refractivity contribution in [1.82, 2.24) is 0 Å². The highest BCUT2D eigenvalue weighted by Crippen LogP contribution is 2.31. The third-order valence-corrected chi connectivity index (χ3v) is 6.56. The summed E-state index contributed by atoms with van der Waals surface area (Å²) in [6, 6.07) is 10.1. The third-order valence-electron chi connectivity index (χ3n) is 3.86. The standard InChI is InChI=1S/C17H20N2OS2.C2H6/c20-22(15-10-5-2-6-11-15)17-13-7-12-16(18-19-17)21-14-8-3-1-4-9-14;1-2/h1,3-4,8-9,12-13,15H,2,5-7,10-11H2;1-2H3. The van der Waals surface area contributed by atoms with Crippen molar-refractivity contribution in [2.24, 2.45) is 10.2 Å². The topological polar surface area (TPSA) is 41.8 Å². The zero-order valence-electron chi connectivity index (χ0n) is 14.5. The van der Waals surface area contributed by atoms with Gasteiger partial charge in [0.25, 0.3) is 0 Å². The average Bonchev–Trinajstić information content (AvgIpc) is 2.90. The maximum atomic E-state index is 12.6. The second-order valence-corrected chi connectivity index (χ2v) is 8.27. The number of rotatable bonds is 4. The van der Waals surface area contributed by atoms with Gasteiger partial charge in [0.05, 0.1) is 10.8 Å². The van der Waals surface area contributed by atoms with Gasteiger partial charge in [0, 0.05) is 10.1 Å². The number of allylic oxidation sites excluding steroid dienone is 2. The van der Waals surface area contributed by atoms with Crippen LogP contribution in [0.15, 0.2) is 67.7 Å². The molecule has 0 aromatic heterocycles. The summed E-state index contributed by atoms with van der Waals surface area (Å²) in [5.41, 5.74) is 0. The molecular weight excluding hydrogens is 336 g/mol. The Kier molecular flexibility index (Phi) is 8.47. The molecule has 1 aromatic rings. The van der Waals surface area contributed by atoms with Crippen molar-refractivity contribution in [2.45, 2.75) is 62.5 Å². The molecule has 1 atom stereocenters. The maximum Gasteiger partial charge on any atom is 0.146 e. The molecule has 0 saturated heterocycles. The lowest BCUT2D eigenvalue weighted by atomic mass is 10.0. The first kappa shape index (κ1) is 19.1. The highest BCUT2D eigenvalue weighted by molar-refractivity contribution is 8.03. The van der Waals surface area contributed by atoms with Gasteiger partial charge >= 0.3 is 0 Å². The van der Waals surface area contributed by atoms with Gasteiger partial charge < -0.3 is 0 Å². The molecule has 0 N–H and O–H groups in total. The Hall–Kier alpha value is -1.20. The molecule has 1 heterocycles. The lowest BCUT2D eigenvalue weighted by Gasteiger charge is -2.20. The van der Waals surface area contributed by atoms with E-state index in [0.717, 1.165) is 29.2 Å². The number of hydrogen-bond acceptors (Lipinski definition) is 4. The highest BCUT2D eigenvalue weighted by Gasteiger charge is 2.23. The molecule has 130 valence electrons. The van der Waals surface area contributed by atoms with Gasteiger partial charge in [-0.15, -0.1) is 10.2 Å². The Morgan fingerprint density at radius 1 is 1.00 bits per heavy atom. The third kappa shape index (κ3) is 5.71. The van der Waals surface area contributed by atoms with Crippen LogP contribution < -0.4 is 0 Å². The van der Waals surface area contributed by atoms with Gasteiger partial charge in [-0.1, -0.05) is 63.1 Å². The van der Waals surface area contributed by atoms with E-state index in [1.807, 2.05) is 44.2 Å². The minimum atomic E-state index is -1.01. The molecule has 1 saturated carbocycles. The summed E-state index contributed by atoms with van der Waals surface area (Å²) < 4.78 is 12.6. The zero-order chi connectivity index (χ0) is 17.2. The Labute approximate surface area is 152 Å². The first-order valence-corrected chi connectivity index (χ1v) is 10.8. The summed E-state index contributed by atoms with van der Waals surface area (Å²) in [5.74, 6) is 0. The largest absolute Gasteiger partial charge is 0.252 e. The molecule has 1 aliphatic carbocycles. The molecule has 24 heavy (non-hydrogen) atoms. The van der Waals surface area contributed by atoms with Crippen LogP contribution in [0.3, 0.4) is 0 Å². The van der Waals surface area contributed by atoms with E-state index in [-0.39, 0.29) is 5.25 Å². The Bertz CT molecular complexity index is 618. The number of hydrogen-bond donors (Lipinski definition) is 0. The van der Waals surface area contributed by atoms with Crippen molar-refractivity contribution in [3.05, 3.63) is 52.5 Å². The van der Waals surface area contributed by atoms with E-state index in [2.05, 4.69) is 22.4 Å². The summed E-state index contributed by atoms with van der Waals surface area (Å²) in [7, 11) is -1.01. The van der Waals surface area contributed by atoms with Gasteiger partial charge in [-0.25, -0.2) is 0 Å². The van der Waals surface area contributed by atoms with Gasteiger partial charge in [0.15, 0.2) is 0 Å². The second-order valence-electron chi connectivity index (χ2n) is 5.49. The van der Waals surface area contributed by atoms with Crippen LogP contribution in [-0.2, 0) is 10.8 Å². The van der Waals surface area contributed by atoms with Crippen LogP contribution in [0, 0.1) is 0 Å². The maximum absolute atomic E-state index is 12.6. The van der Waals surface area contributed by atoms with Crippen molar-refractivity contribution >= 4 is 22.6 Å². The van der Waals surface area contributed by atoms with Crippen LogP contribution in [0.4, 0.5) is 0 Å². The fourth-order valence-electron chi connectivity index (χ4n) is 2.68. The molecule has 3 rings (SSSR count). The molecule has 1 fully saturated rings. The number of thioether (sulfide) groups is 1. The fraction of sp³-hybridized carbons (Fsp3) is 0.474. The fourth-order valence-corrected chi connectivity index (χ4v) is 4.97. The zero-order valence-corrected chi connectivity index (χ0v) is 16.1. The van der Waals surface area contributed by atoms with E-state index < -0.39 is 10.8 Å². The van der Waals surface area contributed by atoms with Crippen LogP contribution in [0.1, 0.15) is 52.4 Å². The summed E-state index contributed by atoms with van der Waals surface area (Å²) in [6.45, 7) is 4.00. The molecular formula is C19H26N2OS2. The quantitative estimate of drug-likeness (QED) is 0.619. The number of benzene rings is 1. The molecule has 0 radical (unpaired) electrons. The molecule has 0 bridgehead atoms. The van der Waals surface area contributed by atoms with Crippen molar-refractivity contribution < 1.29 is 4.21 Å². The lowest BCUT2D eigenvalue weighted by Crippen LogP contribution is -2.19. The molecule has 1 aromatic carbocycles. The van der Waals surface area contributed by atoms with Crippen molar-refractivity contribution in [3.8, 4) is 0 Å². The van der Waals surface area contributed by atoms with Crippen LogP contribution in [0.5, 0.6) is 0 Å². The summed E-state index contributed by atoms with van der Waals surface area (Å²) >= 11 is 1.60. The van der Waals surface area contributed by atoms with Gasteiger partial charge in [0.1, 0.15) is 10.1 Å². The smallest absolute Gasteiger partial charge is 0.146 e. The molecule has 3 nitrogen and oxygen atoms in total. The Morgan fingerprint density at radius 3 is 2.42 bits per heavy atom. The lowest BCUT2D eigenvalue weighted by molar-refractivity contribution is 0.506. The first-order chi connectivity index (χ1) is 11.8. The first-order valence-electron chi connectivity index (χ1n) is 8.78. The van der Waals surface area contributed by atoms with E-state index in [1.165, 1.54) is 19.3 Å². The minimum absolute atomic E-state index is 0.266. The average molecular weight is 363 g/mol. The molecule has 2 aliphatic rings. The Balaban J connectivity index is 0.00000100. The van der Waals surface area contributed by atoms with Crippen molar-refractivity contribution in [3.63, 3.8) is 0 Å². The van der Waals surface area contributed by atoms with Gasteiger partial charge in [-0.2, -0.15) is 0 Å². The molecule has 5 heteroatoms. The normalized spacial score (nSPS) is 19.4. The van der Waals surface area contributed by atoms with Crippen LogP contribution in [0.2, 0.25) is 0 Å². The predicted molar refractivity (Wildman–Crippen MR) is 104 cm³/mol. The van der Waals surface area contributed by atoms with Crippen LogP contribution >= 0.6 is 11.8 Å². The van der Waals surface area contributed by atoms with E-state index in [9.17, 15) is 4.21 Å². The molecule has 0 amide bonds. The SMILES string of the molecule is CC.O=S(C1=CCC=C(Sc2ccccc2)N=N1)C1CCCCC1. The van der Waals surface area contributed by atoms with Gasteiger partial charge in [0.2, 0.25) is 0 Å². The molecule has 0 spiro atoms. The van der Waals surface area contributed by atoms with E-state index in [4.69, 9.17) is 0 Å². The summed E-state index contributed by atoms with van der Waals surface area (Å²) in [5, 5.41) is 10.4. The Morgan fingerprint density at radius 2 is 1.71 bits per heavy atom. The van der Waals surface area contributed by atoms with Gasteiger partial charge in [-0.3, -0.25) is 4.21 Å². The van der Waals surface area contributed by atoms with Crippen LogP contribution in [0.25, 0.3) is 0 Å². The highest BCUT2D eigenvalue weighted by atomic mass is 32.2. The van der Waals surface area contributed by atoms with E-state index in [1.54, 1.807) is 11.8 Å². The molecule has 1 aliphatic heterocycles. The summed E-state index contributed by atoms with van der Waals surface area (Å²) in [6.07, 6.45) is 10.5. The number of azo groups is 1. The van der Waals surface area contributed by atoms with Crippen molar-refractivity contribution in [2.75, 3.05) is 0 Å². The van der Waals surface area contributed by atoms with E-state index in [0.29, 0.717) is 5.03 Å². The van der Waals surface area contributed by atoms with Gasteiger partial charge in [-0.05, 0) is 43.5 Å². The van der Waals surface area contributed by atoms with Crippen molar-refractivity contribution in [1.29, 1.82) is 0 Å². The van der Waals surface area contributed by atoms with E-state index >= 15 is 0 Å².